The van der Waals surface area contributed by atoms with Gasteiger partial charge in [0.1, 0.15) is 0 Å². The molecule has 0 spiro atoms. The summed E-state index contributed by atoms with van der Waals surface area (Å²) in [4.78, 5) is 17.1. The highest BCUT2D eigenvalue weighted by molar-refractivity contribution is 5.82. The van der Waals surface area contributed by atoms with E-state index in [1.807, 2.05) is 0 Å². The van der Waals surface area contributed by atoms with Gasteiger partial charge in [-0.1, -0.05) is 5.73 Å². The molecule has 0 aliphatic carbocycles. The van der Waals surface area contributed by atoms with Crippen molar-refractivity contribution in [3.63, 3.8) is 0 Å². The quantitative estimate of drug-likeness (QED) is 0.612. The predicted molar refractivity (Wildman–Crippen MR) is 53.3 cm³/mol. The van der Waals surface area contributed by atoms with Crippen LogP contribution in [0.25, 0.3) is 0 Å². The lowest BCUT2D eigenvalue weighted by Gasteiger charge is -2.14. The van der Waals surface area contributed by atoms with Gasteiger partial charge in [0.25, 0.3) is 0 Å². The first kappa shape index (κ1) is 8.78. The Hall–Kier alpha value is -1.80. The summed E-state index contributed by atoms with van der Waals surface area (Å²) in [6, 6.07) is 0. The minimum absolute atomic E-state index is 0.143. The SMILES string of the molecule is NC1=C=CC(N2CCCC2=O)=CN=C1. The van der Waals surface area contributed by atoms with Gasteiger partial charge in [-0.2, -0.15) is 0 Å². The maximum absolute atomic E-state index is 11.4. The number of nitrogens with two attached hydrogens (primary N) is 1. The zero-order valence-electron chi connectivity index (χ0n) is 7.73. The van der Waals surface area contributed by atoms with Gasteiger partial charge in [-0.25, -0.2) is 0 Å². The molecule has 2 heterocycles. The largest absolute Gasteiger partial charge is 0.391 e. The second kappa shape index (κ2) is 3.52. The lowest BCUT2D eigenvalue weighted by molar-refractivity contribution is -0.125. The molecule has 2 aliphatic heterocycles. The van der Waals surface area contributed by atoms with Crippen LogP contribution in [-0.4, -0.2) is 23.6 Å². The van der Waals surface area contributed by atoms with Gasteiger partial charge < -0.3 is 10.6 Å². The van der Waals surface area contributed by atoms with Crippen molar-refractivity contribution in [2.75, 3.05) is 6.54 Å². The Labute approximate surface area is 82.1 Å². The first-order valence-corrected chi connectivity index (χ1v) is 4.53. The lowest BCUT2D eigenvalue weighted by Crippen LogP contribution is -2.22. The van der Waals surface area contributed by atoms with Crippen molar-refractivity contribution in [1.82, 2.24) is 4.90 Å². The van der Waals surface area contributed by atoms with E-state index >= 15 is 0 Å². The van der Waals surface area contributed by atoms with Gasteiger partial charge in [0.2, 0.25) is 5.91 Å². The molecule has 2 rings (SSSR count). The number of amides is 1. The van der Waals surface area contributed by atoms with Crippen LogP contribution in [0.2, 0.25) is 0 Å². The van der Waals surface area contributed by atoms with Gasteiger partial charge >= 0.3 is 0 Å². The minimum atomic E-state index is 0.143. The van der Waals surface area contributed by atoms with Crippen LogP contribution in [0, 0.1) is 0 Å². The summed E-state index contributed by atoms with van der Waals surface area (Å²) in [5.74, 6) is 0.143. The second-order valence-electron chi connectivity index (χ2n) is 3.23. The first-order chi connectivity index (χ1) is 6.77. The molecule has 1 amide bonds. The van der Waals surface area contributed by atoms with E-state index in [1.54, 1.807) is 17.2 Å². The Morgan fingerprint density at radius 3 is 3.14 bits per heavy atom. The Morgan fingerprint density at radius 2 is 2.43 bits per heavy atom. The maximum Gasteiger partial charge on any atom is 0.227 e. The standard InChI is InChI=1S/C10H11N3O/c11-8-3-4-9(7-12-6-8)13-5-1-2-10(13)14/h4,6-7H,1-2,5,11H2. The summed E-state index contributed by atoms with van der Waals surface area (Å²) in [5, 5.41) is 0. The lowest BCUT2D eigenvalue weighted by atomic mass is 10.3. The van der Waals surface area contributed by atoms with Crippen LogP contribution in [0.5, 0.6) is 0 Å². The first-order valence-electron chi connectivity index (χ1n) is 4.53. The summed E-state index contributed by atoms with van der Waals surface area (Å²) in [6.45, 7) is 0.762. The molecule has 4 heteroatoms. The second-order valence-corrected chi connectivity index (χ2v) is 3.23. The number of aliphatic imine (C=N–C) groups is 1. The molecule has 0 saturated carbocycles. The van der Waals surface area contributed by atoms with Gasteiger partial charge in [0.15, 0.2) is 0 Å². The molecule has 0 aromatic carbocycles. The molecule has 72 valence electrons. The van der Waals surface area contributed by atoms with Crippen LogP contribution in [0.3, 0.4) is 0 Å². The highest BCUT2D eigenvalue weighted by Crippen LogP contribution is 2.17. The minimum Gasteiger partial charge on any atom is -0.391 e. The van der Waals surface area contributed by atoms with Gasteiger partial charge in [-0.05, 0) is 6.42 Å². The monoisotopic (exact) mass is 189 g/mol. The van der Waals surface area contributed by atoms with Crippen molar-refractivity contribution in [1.29, 1.82) is 0 Å². The van der Waals surface area contributed by atoms with Crippen LogP contribution in [0.1, 0.15) is 12.8 Å². The molecule has 1 saturated heterocycles. The predicted octanol–water partition coefficient (Wildman–Crippen LogP) is 0.532. The molecule has 4 nitrogen and oxygen atoms in total. The van der Waals surface area contributed by atoms with Crippen molar-refractivity contribution < 1.29 is 4.79 Å². The fourth-order valence-electron chi connectivity index (χ4n) is 1.49. The van der Waals surface area contributed by atoms with Crippen molar-refractivity contribution >= 4 is 12.1 Å². The maximum atomic E-state index is 11.4. The molecule has 0 unspecified atom stereocenters. The van der Waals surface area contributed by atoms with Crippen LogP contribution >= 0.6 is 0 Å². The van der Waals surface area contributed by atoms with E-state index in [-0.39, 0.29) is 5.91 Å². The third-order valence-corrected chi connectivity index (χ3v) is 2.19. The highest BCUT2D eigenvalue weighted by atomic mass is 16.2. The van der Waals surface area contributed by atoms with Crippen LogP contribution in [0.4, 0.5) is 0 Å². The van der Waals surface area contributed by atoms with E-state index in [4.69, 9.17) is 5.73 Å². The summed E-state index contributed by atoms with van der Waals surface area (Å²) in [6.07, 6.45) is 6.38. The molecule has 0 radical (unpaired) electrons. The molecule has 2 aliphatic rings. The molecule has 1 fully saturated rings. The number of rotatable bonds is 1. The van der Waals surface area contributed by atoms with E-state index in [0.29, 0.717) is 12.1 Å². The average molecular weight is 189 g/mol. The third kappa shape index (κ3) is 1.60. The van der Waals surface area contributed by atoms with Crippen molar-refractivity contribution in [2.45, 2.75) is 12.8 Å². The summed E-state index contributed by atoms with van der Waals surface area (Å²) < 4.78 is 0. The number of carbonyl (C=O) groups is 1. The van der Waals surface area contributed by atoms with Crippen LogP contribution in [-0.2, 0) is 4.79 Å². The number of carbonyl (C=O) groups excluding carboxylic acids is 1. The molecular formula is C10H11N3O. The van der Waals surface area contributed by atoms with E-state index in [1.165, 1.54) is 6.21 Å². The normalized spacial score (nSPS) is 20.9. The van der Waals surface area contributed by atoms with Crippen LogP contribution < -0.4 is 5.73 Å². The summed E-state index contributed by atoms with van der Waals surface area (Å²) in [5.41, 5.74) is 9.61. The zero-order chi connectivity index (χ0) is 9.97. The van der Waals surface area contributed by atoms with E-state index in [0.717, 1.165) is 18.7 Å². The number of nitrogens with zero attached hydrogens (tertiary/aromatic N) is 2. The fraction of sp³-hybridized carbons (Fsp3) is 0.300. The van der Waals surface area contributed by atoms with Gasteiger partial charge in [0, 0.05) is 19.0 Å². The van der Waals surface area contributed by atoms with E-state index in [9.17, 15) is 4.79 Å². The van der Waals surface area contributed by atoms with Crippen molar-refractivity contribution in [3.8, 4) is 0 Å². The van der Waals surface area contributed by atoms with Gasteiger partial charge in [-0.3, -0.25) is 9.79 Å². The van der Waals surface area contributed by atoms with Crippen molar-refractivity contribution in [2.24, 2.45) is 10.7 Å². The van der Waals surface area contributed by atoms with E-state index < -0.39 is 0 Å². The average Bonchev–Trinajstić information content (AvgIpc) is 2.46. The molecule has 0 bridgehead atoms. The molecule has 0 aromatic rings. The fourth-order valence-corrected chi connectivity index (χ4v) is 1.49. The van der Waals surface area contributed by atoms with Crippen LogP contribution in [0.15, 0.2) is 34.4 Å². The van der Waals surface area contributed by atoms with E-state index in [2.05, 4.69) is 10.7 Å². The summed E-state index contributed by atoms with van der Waals surface area (Å²) >= 11 is 0. The molecule has 0 aromatic heterocycles. The Morgan fingerprint density at radius 1 is 1.57 bits per heavy atom. The third-order valence-electron chi connectivity index (χ3n) is 2.19. The number of hydrogen-bond acceptors (Lipinski definition) is 3. The molecule has 0 atom stereocenters. The number of likely N-dealkylation sites (tertiary alicyclic amines) is 1. The van der Waals surface area contributed by atoms with Gasteiger partial charge in [0.05, 0.1) is 23.8 Å². The number of hydrogen-bond donors (Lipinski definition) is 1. The molecule has 2 N–H and O–H groups in total. The Balaban J connectivity index is 2.27. The summed E-state index contributed by atoms with van der Waals surface area (Å²) in [7, 11) is 0. The smallest absolute Gasteiger partial charge is 0.227 e. The Kier molecular flexibility index (Phi) is 2.21. The highest BCUT2D eigenvalue weighted by Gasteiger charge is 2.22. The molecule has 14 heavy (non-hydrogen) atoms. The van der Waals surface area contributed by atoms with Crippen molar-refractivity contribution in [3.05, 3.63) is 29.4 Å². The molecular weight excluding hydrogens is 178 g/mol. The van der Waals surface area contributed by atoms with Gasteiger partial charge in [-0.15, -0.1) is 0 Å². The Bertz CT molecular complexity index is 386. The zero-order valence-corrected chi connectivity index (χ0v) is 7.73. The number of allylic oxidation sites excluding steroid dienone is 1. The topological polar surface area (TPSA) is 58.7 Å².